The number of nitrogens with zero attached hydrogens (tertiary/aromatic N) is 1. The van der Waals surface area contributed by atoms with Crippen LogP contribution in [-0.4, -0.2) is 38.5 Å². The summed E-state index contributed by atoms with van der Waals surface area (Å²) >= 11 is 0. The van der Waals surface area contributed by atoms with E-state index in [1.807, 2.05) is 24.3 Å². The standard InChI is InChI=1S/C28H29N3O6S/c1-28(2,3)37-27(32)31-24-10-11-25(23-9-7-6-8-22(23)24)36-19-12-13-29-26(17-19)30-18-14-20(35-4)16-21(15-18)38(5,33)34/h6-17H,1-5H3,(H,29,30)(H,31,32). The monoisotopic (exact) mass is 535 g/mol. The van der Waals surface area contributed by atoms with Gasteiger partial charge in [-0.25, -0.2) is 18.2 Å². The molecule has 0 fully saturated rings. The molecule has 0 aliphatic carbocycles. The van der Waals surface area contributed by atoms with Gasteiger partial charge in [-0.2, -0.15) is 0 Å². The fourth-order valence-electron chi connectivity index (χ4n) is 3.68. The van der Waals surface area contributed by atoms with Crippen LogP contribution in [0.4, 0.5) is 22.0 Å². The van der Waals surface area contributed by atoms with Crippen LogP contribution in [0.25, 0.3) is 10.8 Å². The third-order valence-electron chi connectivity index (χ3n) is 5.30. The molecular formula is C28H29N3O6S. The molecule has 0 atom stereocenters. The van der Waals surface area contributed by atoms with Crippen molar-refractivity contribution >= 4 is 43.9 Å². The number of anilines is 3. The van der Waals surface area contributed by atoms with Gasteiger partial charge >= 0.3 is 6.09 Å². The van der Waals surface area contributed by atoms with Gasteiger partial charge in [-0.05, 0) is 51.1 Å². The van der Waals surface area contributed by atoms with E-state index in [0.717, 1.165) is 17.0 Å². The van der Waals surface area contributed by atoms with Crippen molar-refractivity contribution in [3.8, 4) is 17.2 Å². The molecule has 0 bridgehead atoms. The highest BCUT2D eigenvalue weighted by Gasteiger charge is 2.18. The second kappa shape index (κ2) is 10.6. The lowest BCUT2D eigenvalue weighted by atomic mass is 10.1. The van der Waals surface area contributed by atoms with E-state index in [1.165, 1.54) is 19.2 Å². The third kappa shape index (κ3) is 6.71. The van der Waals surface area contributed by atoms with E-state index < -0.39 is 21.5 Å². The first kappa shape index (κ1) is 26.7. The molecule has 4 aromatic rings. The Labute approximate surface area is 221 Å². The third-order valence-corrected chi connectivity index (χ3v) is 6.39. The Morgan fingerprint density at radius 2 is 1.66 bits per heavy atom. The molecule has 3 aromatic carbocycles. The zero-order chi connectivity index (χ0) is 27.5. The number of methoxy groups -OCH3 is 1. The Bertz CT molecular complexity index is 1600. The van der Waals surface area contributed by atoms with Gasteiger partial charge < -0.3 is 19.5 Å². The highest BCUT2D eigenvalue weighted by atomic mass is 32.2. The zero-order valence-corrected chi connectivity index (χ0v) is 22.5. The van der Waals surface area contributed by atoms with Gasteiger partial charge in [0.1, 0.15) is 28.7 Å². The van der Waals surface area contributed by atoms with Crippen LogP contribution in [0.1, 0.15) is 20.8 Å². The Kier molecular flexibility index (Phi) is 7.45. The van der Waals surface area contributed by atoms with E-state index in [2.05, 4.69) is 15.6 Å². The highest BCUT2D eigenvalue weighted by Crippen LogP contribution is 2.35. The maximum Gasteiger partial charge on any atom is 0.412 e. The van der Waals surface area contributed by atoms with Crippen LogP contribution < -0.4 is 20.1 Å². The molecule has 0 spiro atoms. The van der Waals surface area contributed by atoms with E-state index in [4.69, 9.17) is 14.2 Å². The number of fused-ring (bicyclic) bond motifs is 1. The van der Waals surface area contributed by atoms with Crippen molar-refractivity contribution in [3.63, 3.8) is 0 Å². The van der Waals surface area contributed by atoms with Gasteiger partial charge in [0.2, 0.25) is 0 Å². The predicted octanol–water partition coefficient (Wildman–Crippen LogP) is 6.53. The van der Waals surface area contributed by atoms with Crippen LogP contribution in [0.5, 0.6) is 17.2 Å². The lowest BCUT2D eigenvalue weighted by Gasteiger charge is -2.20. The van der Waals surface area contributed by atoms with Crippen LogP contribution in [0.15, 0.2) is 77.8 Å². The molecule has 10 heteroatoms. The molecule has 0 aliphatic heterocycles. The number of sulfone groups is 1. The summed E-state index contributed by atoms with van der Waals surface area (Å²) in [5, 5.41) is 7.49. The van der Waals surface area contributed by atoms with Crippen molar-refractivity contribution in [2.24, 2.45) is 0 Å². The van der Waals surface area contributed by atoms with Crippen LogP contribution in [0.3, 0.4) is 0 Å². The van der Waals surface area contributed by atoms with E-state index in [0.29, 0.717) is 34.4 Å². The highest BCUT2D eigenvalue weighted by molar-refractivity contribution is 7.90. The first-order valence-corrected chi connectivity index (χ1v) is 13.6. The molecular weight excluding hydrogens is 506 g/mol. The van der Waals surface area contributed by atoms with Crippen molar-refractivity contribution in [1.29, 1.82) is 0 Å². The smallest absolute Gasteiger partial charge is 0.412 e. The van der Waals surface area contributed by atoms with Gasteiger partial charge in [0.25, 0.3) is 0 Å². The van der Waals surface area contributed by atoms with Gasteiger partial charge in [0.15, 0.2) is 9.84 Å². The van der Waals surface area contributed by atoms with E-state index in [-0.39, 0.29) is 4.90 Å². The average Bonchev–Trinajstić information content (AvgIpc) is 2.84. The van der Waals surface area contributed by atoms with Crippen molar-refractivity contribution in [1.82, 2.24) is 4.98 Å². The summed E-state index contributed by atoms with van der Waals surface area (Å²) < 4.78 is 40.9. The lowest BCUT2D eigenvalue weighted by Crippen LogP contribution is -2.27. The van der Waals surface area contributed by atoms with Gasteiger partial charge in [-0.15, -0.1) is 0 Å². The fraction of sp³-hybridized carbons (Fsp3) is 0.214. The summed E-state index contributed by atoms with van der Waals surface area (Å²) in [6, 6.07) is 19.1. The summed E-state index contributed by atoms with van der Waals surface area (Å²) in [7, 11) is -1.97. The normalized spacial score (nSPS) is 11.6. The van der Waals surface area contributed by atoms with Gasteiger partial charge in [-0.1, -0.05) is 24.3 Å². The Balaban J connectivity index is 1.60. The van der Waals surface area contributed by atoms with Crippen molar-refractivity contribution in [2.45, 2.75) is 31.3 Å². The van der Waals surface area contributed by atoms with Gasteiger partial charge in [-0.3, -0.25) is 5.32 Å². The van der Waals surface area contributed by atoms with Crippen molar-refractivity contribution in [2.75, 3.05) is 24.0 Å². The minimum Gasteiger partial charge on any atom is -0.497 e. The first-order chi connectivity index (χ1) is 17.9. The maximum absolute atomic E-state index is 12.3. The number of pyridine rings is 1. The van der Waals surface area contributed by atoms with Crippen molar-refractivity contribution < 1.29 is 27.4 Å². The summed E-state index contributed by atoms with van der Waals surface area (Å²) in [4.78, 5) is 16.8. The topological polar surface area (TPSA) is 116 Å². The van der Waals surface area contributed by atoms with E-state index >= 15 is 0 Å². The summed E-state index contributed by atoms with van der Waals surface area (Å²) in [5.74, 6) is 1.93. The fourth-order valence-corrected chi connectivity index (χ4v) is 4.35. The summed E-state index contributed by atoms with van der Waals surface area (Å²) in [6.07, 6.45) is 2.17. The number of amides is 1. The SMILES string of the molecule is COc1cc(Nc2cc(Oc3ccc(NC(=O)OC(C)(C)C)c4ccccc34)ccn2)cc(S(C)(=O)=O)c1. The molecule has 0 radical (unpaired) electrons. The number of nitrogens with one attached hydrogen (secondary N) is 2. The Hall–Kier alpha value is -4.31. The molecule has 38 heavy (non-hydrogen) atoms. The van der Waals surface area contributed by atoms with Crippen LogP contribution in [0, 0.1) is 0 Å². The van der Waals surface area contributed by atoms with Crippen molar-refractivity contribution in [3.05, 3.63) is 72.9 Å². The molecule has 0 saturated carbocycles. The second-order valence-corrected chi connectivity index (χ2v) is 11.6. The lowest BCUT2D eigenvalue weighted by molar-refractivity contribution is 0.0636. The zero-order valence-electron chi connectivity index (χ0n) is 21.7. The number of carbonyl (C=O) groups is 1. The van der Waals surface area contributed by atoms with Gasteiger partial charge in [0.05, 0.1) is 17.7 Å². The molecule has 4 rings (SSSR count). The molecule has 1 heterocycles. The average molecular weight is 536 g/mol. The molecule has 1 aromatic heterocycles. The number of hydrogen-bond donors (Lipinski definition) is 2. The number of hydrogen-bond acceptors (Lipinski definition) is 8. The largest absolute Gasteiger partial charge is 0.497 e. The van der Waals surface area contributed by atoms with Crippen LogP contribution >= 0.6 is 0 Å². The predicted molar refractivity (Wildman–Crippen MR) is 148 cm³/mol. The molecule has 2 N–H and O–H groups in total. The second-order valence-electron chi connectivity index (χ2n) is 9.56. The maximum atomic E-state index is 12.3. The summed E-state index contributed by atoms with van der Waals surface area (Å²) in [6.45, 7) is 5.41. The molecule has 0 aliphatic rings. The van der Waals surface area contributed by atoms with Gasteiger partial charge in [0, 0.05) is 41.0 Å². The number of carbonyl (C=O) groups excluding carboxylic acids is 1. The molecule has 9 nitrogen and oxygen atoms in total. The number of aromatic nitrogens is 1. The molecule has 0 saturated heterocycles. The molecule has 198 valence electrons. The van der Waals surface area contributed by atoms with E-state index in [9.17, 15) is 13.2 Å². The van der Waals surface area contributed by atoms with E-state index in [1.54, 1.807) is 57.3 Å². The Morgan fingerprint density at radius 3 is 2.34 bits per heavy atom. The van der Waals surface area contributed by atoms with Crippen LogP contribution in [-0.2, 0) is 14.6 Å². The number of ether oxygens (including phenoxy) is 3. The minimum atomic E-state index is -3.44. The quantitative estimate of drug-likeness (QED) is 0.274. The molecule has 0 unspecified atom stereocenters. The molecule has 1 amide bonds. The number of benzene rings is 3. The number of rotatable bonds is 7. The summed E-state index contributed by atoms with van der Waals surface area (Å²) in [5.41, 5.74) is 0.476. The van der Waals surface area contributed by atoms with Crippen LogP contribution in [0.2, 0.25) is 0 Å². The Morgan fingerprint density at radius 1 is 0.921 bits per heavy atom. The minimum absolute atomic E-state index is 0.123. The first-order valence-electron chi connectivity index (χ1n) is 11.7.